The first-order valence-corrected chi connectivity index (χ1v) is 8.98. The lowest BCUT2D eigenvalue weighted by molar-refractivity contribution is 0.109. The van der Waals surface area contributed by atoms with Gasteiger partial charge in [0.15, 0.2) is 0 Å². The van der Waals surface area contributed by atoms with Crippen molar-refractivity contribution < 1.29 is 22.3 Å². The highest BCUT2D eigenvalue weighted by atomic mass is 32.2. The van der Waals surface area contributed by atoms with Crippen molar-refractivity contribution in [2.45, 2.75) is 25.2 Å². The molecule has 0 saturated carbocycles. The van der Waals surface area contributed by atoms with E-state index in [1.807, 2.05) is 0 Å². The minimum atomic E-state index is -3.71. The van der Waals surface area contributed by atoms with Gasteiger partial charge >= 0.3 is 6.09 Å². The van der Waals surface area contributed by atoms with Crippen LogP contribution in [0.4, 0.5) is 9.18 Å². The molecule has 1 amide bonds. The topological polar surface area (TPSA) is 66.9 Å². The third kappa shape index (κ3) is 4.00. The first-order chi connectivity index (χ1) is 10.9. The molecule has 1 aromatic carbocycles. The minimum absolute atomic E-state index is 0.100. The zero-order valence-electron chi connectivity index (χ0n) is 13.3. The molecule has 1 aliphatic heterocycles. The number of carbonyl (C=O) groups excluding carboxylic acids is 1. The van der Waals surface area contributed by atoms with Crippen LogP contribution in [-0.2, 0) is 14.8 Å². The third-order valence-corrected chi connectivity index (χ3v) is 5.79. The molecule has 2 rings (SSSR count). The molecule has 6 nitrogen and oxygen atoms in total. The molecule has 0 unspecified atom stereocenters. The number of rotatable bonds is 3. The molecule has 1 saturated heterocycles. The Kier molecular flexibility index (Phi) is 5.59. The van der Waals surface area contributed by atoms with E-state index in [1.165, 1.54) is 21.3 Å². The predicted octanol–water partition coefficient (Wildman–Crippen LogP) is 1.99. The summed E-state index contributed by atoms with van der Waals surface area (Å²) >= 11 is 0. The Morgan fingerprint density at radius 3 is 2.65 bits per heavy atom. The molecule has 1 aromatic rings. The second-order valence-corrected chi connectivity index (χ2v) is 7.26. The van der Waals surface area contributed by atoms with E-state index in [9.17, 15) is 17.6 Å². The zero-order valence-corrected chi connectivity index (χ0v) is 14.1. The fourth-order valence-electron chi connectivity index (χ4n) is 2.57. The number of aryl methyl sites for hydroxylation is 1. The molecule has 0 aromatic heterocycles. The summed E-state index contributed by atoms with van der Waals surface area (Å²) in [6.07, 6.45) is 0.0999. The van der Waals surface area contributed by atoms with Gasteiger partial charge in [-0.1, -0.05) is 0 Å². The SMILES string of the molecule is CCOC(=O)N1CCCN(S(=O)(=O)c2ccc(F)cc2C)CC1. The molecular weight excluding hydrogens is 323 g/mol. The lowest BCUT2D eigenvalue weighted by atomic mass is 10.2. The Bertz CT molecular complexity index is 678. The fourth-order valence-corrected chi connectivity index (χ4v) is 4.25. The second kappa shape index (κ2) is 7.27. The smallest absolute Gasteiger partial charge is 0.409 e. The lowest BCUT2D eigenvalue weighted by Crippen LogP contribution is -2.37. The van der Waals surface area contributed by atoms with Crippen LogP contribution in [-0.4, -0.2) is 56.5 Å². The molecule has 0 bridgehead atoms. The number of carbonyl (C=O) groups is 1. The number of nitrogens with zero attached hydrogens (tertiary/aromatic N) is 2. The molecule has 0 aliphatic carbocycles. The number of hydrogen-bond donors (Lipinski definition) is 0. The van der Waals surface area contributed by atoms with Crippen molar-refractivity contribution in [3.05, 3.63) is 29.6 Å². The summed E-state index contributed by atoms with van der Waals surface area (Å²) in [5.74, 6) is -0.467. The van der Waals surface area contributed by atoms with Crippen LogP contribution < -0.4 is 0 Å². The molecule has 8 heteroatoms. The highest BCUT2D eigenvalue weighted by Crippen LogP contribution is 2.22. The third-order valence-electron chi connectivity index (χ3n) is 3.74. The van der Waals surface area contributed by atoms with Gasteiger partial charge in [0.2, 0.25) is 10.0 Å². The van der Waals surface area contributed by atoms with Crippen LogP contribution in [0.1, 0.15) is 18.9 Å². The van der Waals surface area contributed by atoms with Gasteiger partial charge in [-0.25, -0.2) is 17.6 Å². The lowest BCUT2D eigenvalue weighted by Gasteiger charge is -2.22. The molecule has 0 atom stereocenters. The second-order valence-electron chi connectivity index (χ2n) is 5.35. The van der Waals surface area contributed by atoms with Crippen molar-refractivity contribution in [1.82, 2.24) is 9.21 Å². The van der Waals surface area contributed by atoms with E-state index in [1.54, 1.807) is 13.8 Å². The average molecular weight is 344 g/mol. The van der Waals surface area contributed by atoms with E-state index in [0.29, 0.717) is 25.1 Å². The van der Waals surface area contributed by atoms with E-state index < -0.39 is 21.9 Å². The van der Waals surface area contributed by atoms with Crippen LogP contribution in [0.2, 0.25) is 0 Å². The molecule has 128 valence electrons. The van der Waals surface area contributed by atoms with Gasteiger partial charge in [0, 0.05) is 26.2 Å². The van der Waals surface area contributed by atoms with Crippen molar-refractivity contribution >= 4 is 16.1 Å². The molecule has 1 heterocycles. The van der Waals surface area contributed by atoms with Crippen molar-refractivity contribution in [1.29, 1.82) is 0 Å². The number of halogens is 1. The molecule has 0 radical (unpaired) electrons. The summed E-state index contributed by atoms with van der Waals surface area (Å²) in [5.41, 5.74) is 0.372. The van der Waals surface area contributed by atoms with E-state index in [-0.39, 0.29) is 24.6 Å². The molecule has 0 spiro atoms. The van der Waals surface area contributed by atoms with E-state index in [4.69, 9.17) is 4.74 Å². The van der Waals surface area contributed by atoms with Gasteiger partial charge in [0.05, 0.1) is 11.5 Å². The van der Waals surface area contributed by atoms with E-state index in [0.717, 1.165) is 6.07 Å². The standard InChI is InChI=1S/C15H21FN2O4S/c1-3-22-15(19)17-7-4-8-18(10-9-17)23(20,21)14-6-5-13(16)11-12(14)2/h5-6,11H,3-4,7-10H2,1-2H3. The van der Waals surface area contributed by atoms with Gasteiger partial charge < -0.3 is 9.64 Å². The Hall–Kier alpha value is -1.67. The van der Waals surface area contributed by atoms with Crippen LogP contribution >= 0.6 is 0 Å². The summed E-state index contributed by atoms with van der Waals surface area (Å²) in [7, 11) is -3.71. The van der Waals surface area contributed by atoms with Crippen LogP contribution in [0.5, 0.6) is 0 Å². The number of ether oxygens (including phenoxy) is 1. The Morgan fingerprint density at radius 2 is 2.00 bits per heavy atom. The van der Waals surface area contributed by atoms with Crippen molar-refractivity contribution in [3.63, 3.8) is 0 Å². The van der Waals surface area contributed by atoms with Gasteiger partial charge in [-0.2, -0.15) is 4.31 Å². The van der Waals surface area contributed by atoms with Crippen molar-refractivity contribution in [2.24, 2.45) is 0 Å². The maximum atomic E-state index is 13.2. The van der Waals surface area contributed by atoms with Gasteiger partial charge in [-0.3, -0.25) is 0 Å². The number of amides is 1. The van der Waals surface area contributed by atoms with Crippen molar-refractivity contribution in [2.75, 3.05) is 32.8 Å². The van der Waals surface area contributed by atoms with Crippen LogP contribution in [0.15, 0.2) is 23.1 Å². The summed E-state index contributed by atoms with van der Waals surface area (Å²) in [4.78, 5) is 13.4. The molecule has 1 fully saturated rings. The maximum Gasteiger partial charge on any atom is 0.409 e. The summed E-state index contributed by atoms with van der Waals surface area (Å²) < 4.78 is 45.0. The van der Waals surface area contributed by atoms with E-state index in [2.05, 4.69) is 0 Å². The zero-order chi connectivity index (χ0) is 17.0. The Labute approximate surface area is 135 Å². The van der Waals surface area contributed by atoms with Crippen molar-refractivity contribution in [3.8, 4) is 0 Å². The van der Waals surface area contributed by atoms with Gasteiger partial charge in [-0.05, 0) is 44.0 Å². The van der Waals surface area contributed by atoms with Crippen LogP contribution in [0, 0.1) is 12.7 Å². The van der Waals surface area contributed by atoms with Gasteiger partial charge in [0.25, 0.3) is 0 Å². The monoisotopic (exact) mass is 344 g/mol. The molecule has 0 N–H and O–H groups in total. The maximum absolute atomic E-state index is 13.2. The molecular formula is C15H21FN2O4S. The quantitative estimate of drug-likeness (QED) is 0.841. The largest absolute Gasteiger partial charge is 0.450 e. The number of hydrogen-bond acceptors (Lipinski definition) is 4. The summed E-state index contributed by atoms with van der Waals surface area (Å²) in [5, 5.41) is 0. The fraction of sp³-hybridized carbons (Fsp3) is 0.533. The van der Waals surface area contributed by atoms with Crippen LogP contribution in [0.3, 0.4) is 0 Å². The van der Waals surface area contributed by atoms with Gasteiger partial charge in [0.1, 0.15) is 5.82 Å². The summed E-state index contributed by atoms with van der Waals surface area (Å²) in [6.45, 7) is 4.81. The first-order valence-electron chi connectivity index (χ1n) is 7.54. The number of sulfonamides is 1. The number of benzene rings is 1. The van der Waals surface area contributed by atoms with Crippen LogP contribution in [0.25, 0.3) is 0 Å². The summed E-state index contributed by atoms with van der Waals surface area (Å²) in [6, 6.07) is 3.63. The average Bonchev–Trinajstić information content (AvgIpc) is 2.73. The predicted molar refractivity (Wildman–Crippen MR) is 83.1 cm³/mol. The van der Waals surface area contributed by atoms with Gasteiger partial charge in [-0.15, -0.1) is 0 Å². The Balaban J connectivity index is 2.16. The highest BCUT2D eigenvalue weighted by Gasteiger charge is 2.29. The normalized spacial score (nSPS) is 16.9. The molecule has 1 aliphatic rings. The molecule has 23 heavy (non-hydrogen) atoms. The highest BCUT2D eigenvalue weighted by molar-refractivity contribution is 7.89. The minimum Gasteiger partial charge on any atom is -0.450 e. The first kappa shape index (κ1) is 17.7. The Morgan fingerprint density at radius 1 is 1.26 bits per heavy atom. The van der Waals surface area contributed by atoms with E-state index >= 15 is 0 Å².